The standard InChI is InChI=1S/C20H19N3O4/c21-13-14-4-6-17(18(11-14)23(24)25)22-8-1-3-16(22)15-5-7-19-20(12-15)27-10-2-9-26-19/h4-7,11-12,16H,1-3,8-10H2/t16-/m1/s1. The fraction of sp³-hybridized carbons (Fsp3) is 0.350. The number of anilines is 1. The molecule has 1 fully saturated rings. The highest BCUT2D eigenvalue weighted by molar-refractivity contribution is 5.67. The van der Waals surface area contributed by atoms with Crippen LogP contribution in [0.3, 0.4) is 0 Å². The molecule has 0 unspecified atom stereocenters. The predicted molar refractivity (Wildman–Crippen MR) is 99.2 cm³/mol. The van der Waals surface area contributed by atoms with Crippen molar-refractivity contribution in [1.82, 2.24) is 0 Å². The molecule has 1 atom stereocenters. The summed E-state index contributed by atoms with van der Waals surface area (Å²) in [5.74, 6) is 1.47. The molecule has 1 saturated heterocycles. The molecule has 138 valence electrons. The number of benzene rings is 2. The molecule has 0 saturated carbocycles. The van der Waals surface area contributed by atoms with E-state index in [2.05, 4.69) is 4.90 Å². The second kappa shape index (κ2) is 7.16. The molecule has 2 heterocycles. The van der Waals surface area contributed by atoms with Crippen LogP contribution in [0.15, 0.2) is 36.4 Å². The van der Waals surface area contributed by atoms with Crippen LogP contribution in [0.4, 0.5) is 11.4 Å². The van der Waals surface area contributed by atoms with Crippen LogP contribution in [0.5, 0.6) is 11.5 Å². The summed E-state index contributed by atoms with van der Waals surface area (Å²) in [5, 5.41) is 20.6. The zero-order chi connectivity index (χ0) is 18.8. The molecule has 7 heteroatoms. The van der Waals surface area contributed by atoms with Crippen molar-refractivity contribution in [2.75, 3.05) is 24.7 Å². The average molecular weight is 365 g/mol. The normalized spacial score (nSPS) is 18.6. The minimum atomic E-state index is -0.417. The second-order valence-electron chi connectivity index (χ2n) is 6.68. The number of hydrogen-bond donors (Lipinski definition) is 0. The van der Waals surface area contributed by atoms with Gasteiger partial charge in [-0.25, -0.2) is 0 Å². The molecule has 7 nitrogen and oxygen atoms in total. The van der Waals surface area contributed by atoms with E-state index in [1.54, 1.807) is 12.1 Å². The molecule has 4 rings (SSSR count). The van der Waals surface area contributed by atoms with E-state index in [0.29, 0.717) is 18.9 Å². The maximum absolute atomic E-state index is 11.6. The lowest BCUT2D eigenvalue weighted by atomic mass is 10.0. The summed E-state index contributed by atoms with van der Waals surface area (Å²) >= 11 is 0. The number of ether oxygens (including phenoxy) is 2. The van der Waals surface area contributed by atoms with E-state index in [1.165, 1.54) is 6.07 Å². The van der Waals surface area contributed by atoms with Gasteiger partial charge in [0.25, 0.3) is 5.69 Å². The smallest absolute Gasteiger partial charge is 0.293 e. The predicted octanol–water partition coefficient (Wildman–Crippen LogP) is 3.97. The van der Waals surface area contributed by atoms with Crippen LogP contribution in [-0.2, 0) is 0 Å². The van der Waals surface area contributed by atoms with Gasteiger partial charge in [-0.3, -0.25) is 10.1 Å². The largest absolute Gasteiger partial charge is 0.490 e. The Hall–Kier alpha value is -3.27. The fourth-order valence-corrected chi connectivity index (χ4v) is 3.77. The Labute approximate surface area is 156 Å². The van der Waals surface area contributed by atoms with Gasteiger partial charge in [0.1, 0.15) is 5.69 Å². The Kier molecular flexibility index (Phi) is 4.55. The summed E-state index contributed by atoms with van der Waals surface area (Å²) in [6, 6.07) is 12.6. The topological polar surface area (TPSA) is 88.6 Å². The van der Waals surface area contributed by atoms with Crippen LogP contribution in [0.25, 0.3) is 0 Å². The molecule has 2 aromatic carbocycles. The first-order valence-corrected chi connectivity index (χ1v) is 9.02. The molecular formula is C20H19N3O4. The third-order valence-corrected chi connectivity index (χ3v) is 5.02. The molecule has 2 aromatic rings. The Bertz CT molecular complexity index is 922. The van der Waals surface area contributed by atoms with Crippen molar-refractivity contribution >= 4 is 11.4 Å². The number of nitro groups is 1. The van der Waals surface area contributed by atoms with E-state index < -0.39 is 4.92 Å². The summed E-state index contributed by atoms with van der Waals surface area (Å²) in [6.45, 7) is 1.98. The monoisotopic (exact) mass is 365 g/mol. The zero-order valence-corrected chi connectivity index (χ0v) is 14.8. The summed E-state index contributed by atoms with van der Waals surface area (Å²) in [7, 11) is 0. The van der Waals surface area contributed by atoms with E-state index in [9.17, 15) is 10.1 Å². The molecule has 0 aliphatic carbocycles. The SMILES string of the molecule is N#Cc1ccc(N2CCC[C@@H]2c2ccc3c(c2)OCCCO3)c([N+](=O)[O-])c1. The summed E-state index contributed by atoms with van der Waals surface area (Å²) in [5.41, 5.74) is 1.86. The van der Waals surface area contributed by atoms with E-state index >= 15 is 0 Å². The van der Waals surface area contributed by atoms with Crippen LogP contribution in [-0.4, -0.2) is 24.7 Å². The van der Waals surface area contributed by atoms with Gasteiger partial charge in [-0.05, 0) is 42.7 Å². The first-order chi connectivity index (χ1) is 13.2. The zero-order valence-electron chi connectivity index (χ0n) is 14.8. The molecule has 0 aromatic heterocycles. The van der Waals surface area contributed by atoms with Crippen LogP contribution in [0.2, 0.25) is 0 Å². The van der Waals surface area contributed by atoms with Gasteiger partial charge in [0.2, 0.25) is 0 Å². The van der Waals surface area contributed by atoms with Crippen molar-refractivity contribution in [1.29, 1.82) is 5.26 Å². The summed E-state index contributed by atoms with van der Waals surface area (Å²) in [6.07, 6.45) is 2.68. The van der Waals surface area contributed by atoms with Crippen molar-refractivity contribution in [3.63, 3.8) is 0 Å². The minimum absolute atomic E-state index is 0.0220. The van der Waals surface area contributed by atoms with Gasteiger partial charge >= 0.3 is 0 Å². The molecule has 0 radical (unpaired) electrons. The van der Waals surface area contributed by atoms with Crippen molar-refractivity contribution < 1.29 is 14.4 Å². The number of hydrogen-bond acceptors (Lipinski definition) is 6. The number of nitro benzene ring substituents is 1. The van der Waals surface area contributed by atoms with Crippen LogP contribution >= 0.6 is 0 Å². The third-order valence-electron chi connectivity index (χ3n) is 5.02. The third kappa shape index (κ3) is 3.26. The lowest BCUT2D eigenvalue weighted by molar-refractivity contribution is -0.384. The van der Waals surface area contributed by atoms with Gasteiger partial charge < -0.3 is 14.4 Å². The highest BCUT2D eigenvalue weighted by atomic mass is 16.6. The Morgan fingerprint density at radius 1 is 1.11 bits per heavy atom. The van der Waals surface area contributed by atoms with E-state index in [-0.39, 0.29) is 17.3 Å². The van der Waals surface area contributed by atoms with Crippen molar-refractivity contribution in [3.05, 3.63) is 57.6 Å². The molecule has 0 amide bonds. The Morgan fingerprint density at radius 3 is 2.70 bits per heavy atom. The van der Waals surface area contributed by atoms with Crippen LogP contribution in [0.1, 0.15) is 36.4 Å². The van der Waals surface area contributed by atoms with Gasteiger partial charge in [0.15, 0.2) is 11.5 Å². The Morgan fingerprint density at radius 2 is 1.93 bits per heavy atom. The van der Waals surface area contributed by atoms with E-state index in [4.69, 9.17) is 14.7 Å². The first-order valence-electron chi connectivity index (χ1n) is 9.02. The number of fused-ring (bicyclic) bond motifs is 1. The van der Waals surface area contributed by atoms with Gasteiger partial charge in [0.05, 0.1) is 35.8 Å². The number of nitriles is 1. The van der Waals surface area contributed by atoms with E-state index in [0.717, 1.165) is 42.9 Å². The van der Waals surface area contributed by atoms with Gasteiger partial charge in [-0.1, -0.05) is 6.07 Å². The van der Waals surface area contributed by atoms with Crippen molar-refractivity contribution in [3.8, 4) is 17.6 Å². The molecule has 0 spiro atoms. The molecule has 0 N–H and O–H groups in total. The Balaban J connectivity index is 1.70. The molecule has 0 bridgehead atoms. The molecule has 2 aliphatic heterocycles. The maximum atomic E-state index is 11.6. The quantitative estimate of drug-likeness (QED) is 0.604. The highest BCUT2D eigenvalue weighted by Gasteiger charge is 2.31. The molecule has 2 aliphatic rings. The van der Waals surface area contributed by atoms with Gasteiger partial charge in [-0.15, -0.1) is 0 Å². The summed E-state index contributed by atoms with van der Waals surface area (Å²) in [4.78, 5) is 13.2. The second-order valence-corrected chi connectivity index (χ2v) is 6.68. The fourth-order valence-electron chi connectivity index (χ4n) is 3.77. The van der Waals surface area contributed by atoms with Crippen molar-refractivity contribution in [2.45, 2.75) is 25.3 Å². The minimum Gasteiger partial charge on any atom is -0.490 e. The van der Waals surface area contributed by atoms with Crippen LogP contribution in [0, 0.1) is 21.4 Å². The number of nitrogens with zero attached hydrogens (tertiary/aromatic N) is 3. The van der Waals surface area contributed by atoms with Crippen molar-refractivity contribution in [2.24, 2.45) is 0 Å². The first kappa shape index (κ1) is 17.2. The molecular weight excluding hydrogens is 346 g/mol. The average Bonchev–Trinajstić information content (AvgIpc) is 3.05. The van der Waals surface area contributed by atoms with Gasteiger partial charge in [0, 0.05) is 19.0 Å². The van der Waals surface area contributed by atoms with E-state index in [1.807, 2.05) is 24.3 Å². The number of rotatable bonds is 3. The van der Waals surface area contributed by atoms with Gasteiger partial charge in [-0.2, -0.15) is 5.26 Å². The molecule has 27 heavy (non-hydrogen) atoms. The highest BCUT2D eigenvalue weighted by Crippen LogP contribution is 2.42. The van der Waals surface area contributed by atoms with Crippen LogP contribution < -0.4 is 14.4 Å². The lowest BCUT2D eigenvalue weighted by Crippen LogP contribution is -2.23. The maximum Gasteiger partial charge on any atom is 0.293 e. The lowest BCUT2D eigenvalue weighted by Gasteiger charge is -2.27. The summed E-state index contributed by atoms with van der Waals surface area (Å²) < 4.78 is 11.5.